The Morgan fingerprint density at radius 2 is 2.00 bits per heavy atom. The maximum absolute atomic E-state index is 2.17. The van der Waals surface area contributed by atoms with Gasteiger partial charge < -0.3 is 0 Å². The average molecular weight is 172 g/mol. The third-order valence-electron chi connectivity index (χ3n) is 1.02. The number of hydrogen-bond acceptors (Lipinski definition) is 3. The van der Waals surface area contributed by atoms with E-state index >= 15 is 0 Å². The highest BCUT2D eigenvalue weighted by Crippen LogP contribution is 2.40. The fourth-order valence-corrected chi connectivity index (χ4v) is 3.52. The SMILES string of the molecule is C1=CSc2sccc2S1. The van der Waals surface area contributed by atoms with E-state index in [1.807, 2.05) is 23.1 Å². The fraction of sp³-hybridized carbons (Fsp3) is 0. The zero-order valence-corrected chi connectivity index (χ0v) is 6.98. The summed E-state index contributed by atoms with van der Waals surface area (Å²) in [4.78, 5) is 1.41. The van der Waals surface area contributed by atoms with Gasteiger partial charge >= 0.3 is 0 Å². The molecule has 1 aliphatic heterocycles. The van der Waals surface area contributed by atoms with E-state index in [1.54, 1.807) is 11.8 Å². The molecule has 0 unspecified atom stereocenters. The standard InChI is InChI=1S/C6H4S3/c1-2-8-6-5(1)7-3-4-9-6/h1-4H. The molecule has 0 saturated heterocycles. The summed E-state index contributed by atoms with van der Waals surface area (Å²) < 4.78 is 1.43. The van der Waals surface area contributed by atoms with E-state index in [-0.39, 0.29) is 0 Å². The van der Waals surface area contributed by atoms with Crippen LogP contribution in [0.3, 0.4) is 0 Å². The van der Waals surface area contributed by atoms with Crippen molar-refractivity contribution >= 4 is 34.9 Å². The van der Waals surface area contributed by atoms with Crippen LogP contribution in [0.5, 0.6) is 0 Å². The van der Waals surface area contributed by atoms with Gasteiger partial charge in [-0.1, -0.05) is 23.5 Å². The molecule has 1 aliphatic rings. The highest BCUT2D eigenvalue weighted by molar-refractivity contribution is 8.09. The summed E-state index contributed by atoms with van der Waals surface area (Å²) in [5, 5.41) is 6.39. The Morgan fingerprint density at radius 1 is 1.11 bits per heavy atom. The lowest BCUT2D eigenvalue weighted by atomic mass is 10.7. The van der Waals surface area contributed by atoms with Crippen LogP contribution in [0.25, 0.3) is 0 Å². The molecule has 2 rings (SSSR count). The Bertz CT molecular complexity index is 214. The number of thioether (sulfide) groups is 2. The first-order valence-corrected chi connectivity index (χ1v) is 5.16. The lowest BCUT2D eigenvalue weighted by Crippen LogP contribution is -1.66. The summed E-state index contributed by atoms with van der Waals surface area (Å²) in [5.74, 6) is 0. The molecule has 0 aromatic carbocycles. The second-order valence-corrected chi connectivity index (χ2v) is 4.62. The highest BCUT2D eigenvalue weighted by atomic mass is 32.2. The van der Waals surface area contributed by atoms with Crippen molar-refractivity contribution in [2.75, 3.05) is 0 Å². The normalized spacial score (nSPS) is 15.6. The van der Waals surface area contributed by atoms with Crippen molar-refractivity contribution in [1.29, 1.82) is 0 Å². The molecule has 1 aromatic heterocycles. The third kappa shape index (κ3) is 1.04. The molecule has 0 N–H and O–H groups in total. The third-order valence-corrected chi connectivity index (χ3v) is 4.31. The van der Waals surface area contributed by atoms with Crippen molar-refractivity contribution in [2.45, 2.75) is 9.10 Å². The Balaban J connectivity index is 2.46. The van der Waals surface area contributed by atoms with Gasteiger partial charge in [-0.15, -0.1) is 11.3 Å². The molecule has 0 bridgehead atoms. The van der Waals surface area contributed by atoms with Gasteiger partial charge in [-0.05, 0) is 22.3 Å². The minimum absolute atomic E-state index is 1.41. The Kier molecular flexibility index (Phi) is 1.57. The van der Waals surface area contributed by atoms with Crippen molar-refractivity contribution in [2.24, 2.45) is 0 Å². The van der Waals surface area contributed by atoms with Gasteiger partial charge in [-0.25, -0.2) is 0 Å². The molecular weight excluding hydrogens is 168 g/mol. The summed E-state index contributed by atoms with van der Waals surface area (Å²) in [7, 11) is 0. The molecule has 0 fully saturated rings. The van der Waals surface area contributed by atoms with Crippen LogP contribution < -0.4 is 0 Å². The topological polar surface area (TPSA) is 0 Å². The first kappa shape index (κ1) is 5.89. The van der Waals surface area contributed by atoms with E-state index in [9.17, 15) is 0 Å². The summed E-state index contributed by atoms with van der Waals surface area (Å²) in [6, 6.07) is 2.17. The number of rotatable bonds is 0. The quantitative estimate of drug-likeness (QED) is 0.588. The first-order valence-electron chi connectivity index (χ1n) is 2.52. The Labute approximate surface area is 66.4 Å². The zero-order chi connectivity index (χ0) is 6.10. The predicted octanol–water partition coefficient (Wildman–Crippen LogP) is 3.42. The molecule has 2 heterocycles. The minimum atomic E-state index is 1.41. The number of fused-ring (bicyclic) bond motifs is 1. The lowest BCUT2D eigenvalue weighted by Gasteiger charge is -2.00. The molecule has 0 atom stereocenters. The predicted molar refractivity (Wildman–Crippen MR) is 45.2 cm³/mol. The van der Waals surface area contributed by atoms with Crippen LogP contribution in [0.1, 0.15) is 0 Å². The van der Waals surface area contributed by atoms with E-state index in [1.165, 1.54) is 9.10 Å². The van der Waals surface area contributed by atoms with Crippen LogP contribution in [0.4, 0.5) is 0 Å². The first-order chi connectivity index (χ1) is 4.47. The maximum Gasteiger partial charge on any atom is 0.0780 e. The minimum Gasteiger partial charge on any atom is -0.136 e. The van der Waals surface area contributed by atoms with Crippen LogP contribution in [0.2, 0.25) is 0 Å². The number of thiophene rings is 1. The fourth-order valence-electron chi connectivity index (χ4n) is 0.648. The summed E-state index contributed by atoms with van der Waals surface area (Å²) >= 11 is 5.43. The van der Waals surface area contributed by atoms with Crippen molar-refractivity contribution in [3.05, 3.63) is 22.3 Å². The summed E-state index contributed by atoms with van der Waals surface area (Å²) in [5.41, 5.74) is 0. The summed E-state index contributed by atoms with van der Waals surface area (Å²) in [6.45, 7) is 0. The Morgan fingerprint density at radius 3 is 2.89 bits per heavy atom. The molecule has 46 valence electrons. The van der Waals surface area contributed by atoms with Crippen LogP contribution >= 0.6 is 34.9 Å². The lowest BCUT2D eigenvalue weighted by molar-refractivity contribution is 1.41. The second kappa shape index (κ2) is 2.40. The molecule has 1 aromatic rings. The van der Waals surface area contributed by atoms with Crippen LogP contribution in [-0.4, -0.2) is 0 Å². The molecular formula is C6H4S3. The van der Waals surface area contributed by atoms with Crippen molar-refractivity contribution < 1.29 is 0 Å². The van der Waals surface area contributed by atoms with Crippen molar-refractivity contribution in [3.63, 3.8) is 0 Å². The van der Waals surface area contributed by atoms with Gasteiger partial charge in [-0.3, -0.25) is 0 Å². The smallest absolute Gasteiger partial charge is 0.0780 e. The second-order valence-electron chi connectivity index (χ2n) is 1.58. The van der Waals surface area contributed by atoms with Gasteiger partial charge in [0.25, 0.3) is 0 Å². The molecule has 0 spiro atoms. The molecule has 3 heteroatoms. The average Bonchev–Trinajstić information content (AvgIpc) is 2.33. The van der Waals surface area contributed by atoms with Gasteiger partial charge in [0.2, 0.25) is 0 Å². The molecule has 0 nitrogen and oxygen atoms in total. The van der Waals surface area contributed by atoms with Gasteiger partial charge in [0.05, 0.1) is 4.21 Å². The van der Waals surface area contributed by atoms with Crippen LogP contribution in [-0.2, 0) is 0 Å². The zero-order valence-electron chi connectivity index (χ0n) is 4.53. The molecule has 0 saturated carbocycles. The number of hydrogen-bond donors (Lipinski definition) is 0. The largest absolute Gasteiger partial charge is 0.136 e. The monoisotopic (exact) mass is 172 g/mol. The van der Waals surface area contributed by atoms with E-state index in [2.05, 4.69) is 22.3 Å². The van der Waals surface area contributed by atoms with E-state index in [0.717, 1.165) is 0 Å². The molecule has 0 aliphatic carbocycles. The van der Waals surface area contributed by atoms with Crippen LogP contribution in [0.15, 0.2) is 31.4 Å². The van der Waals surface area contributed by atoms with Gasteiger partial charge in [-0.2, -0.15) is 0 Å². The highest BCUT2D eigenvalue weighted by Gasteiger charge is 2.05. The van der Waals surface area contributed by atoms with E-state index in [4.69, 9.17) is 0 Å². The molecule has 0 radical (unpaired) electrons. The Hall–Kier alpha value is 0.140. The van der Waals surface area contributed by atoms with Gasteiger partial charge in [0.1, 0.15) is 0 Å². The van der Waals surface area contributed by atoms with E-state index in [0.29, 0.717) is 0 Å². The van der Waals surface area contributed by atoms with E-state index < -0.39 is 0 Å². The van der Waals surface area contributed by atoms with Crippen molar-refractivity contribution in [3.8, 4) is 0 Å². The van der Waals surface area contributed by atoms with Crippen molar-refractivity contribution in [1.82, 2.24) is 0 Å². The van der Waals surface area contributed by atoms with Gasteiger partial charge in [0, 0.05) is 4.90 Å². The maximum atomic E-state index is 2.17. The van der Waals surface area contributed by atoms with Crippen LogP contribution in [0, 0.1) is 0 Å². The molecule has 0 amide bonds. The molecule has 9 heavy (non-hydrogen) atoms. The van der Waals surface area contributed by atoms with Gasteiger partial charge in [0.15, 0.2) is 0 Å². The summed E-state index contributed by atoms with van der Waals surface area (Å²) in [6.07, 6.45) is 0.